The number of aliphatic carboxylic acids is 1. The summed E-state index contributed by atoms with van der Waals surface area (Å²) < 4.78 is 0. The molecule has 3 heteroatoms. The van der Waals surface area contributed by atoms with E-state index in [0.29, 0.717) is 30.0 Å². The minimum Gasteiger partial charge on any atom is -0.481 e. The van der Waals surface area contributed by atoms with Gasteiger partial charge in [-0.2, -0.15) is 0 Å². The van der Waals surface area contributed by atoms with Crippen LogP contribution in [0.5, 0.6) is 0 Å². The predicted molar refractivity (Wildman–Crippen MR) is 171 cm³/mol. The van der Waals surface area contributed by atoms with E-state index in [2.05, 4.69) is 32.1 Å². The number of unbranched alkanes of at least 4 members (excludes halogenated alkanes) is 12. The average molecular weight is 557 g/mol. The quantitative estimate of drug-likeness (QED) is 0.0950. The highest BCUT2D eigenvalue weighted by molar-refractivity contribution is 5.75. The van der Waals surface area contributed by atoms with Crippen LogP contribution in [0.3, 0.4) is 0 Å². The van der Waals surface area contributed by atoms with Crippen molar-refractivity contribution >= 4 is 11.8 Å². The summed E-state index contributed by atoms with van der Waals surface area (Å²) in [6.07, 6.45) is 35.7. The average Bonchev–Trinajstić information content (AvgIpc) is 2.93. The first-order chi connectivity index (χ1) is 19.5. The third-order valence-electron chi connectivity index (χ3n) is 9.82. The molecule has 0 saturated heterocycles. The van der Waals surface area contributed by atoms with E-state index >= 15 is 0 Å². The number of carboxylic acid groups (broad SMARTS) is 1. The summed E-state index contributed by atoms with van der Waals surface area (Å²) in [6.45, 7) is 6.36. The molecule has 0 aliphatic heterocycles. The largest absolute Gasteiger partial charge is 0.481 e. The lowest BCUT2D eigenvalue weighted by atomic mass is 9.63. The second kappa shape index (κ2) is 21.3. The fourth-order valence-corrected chi connectivity index (χ4v) is 7.45. The summed E-state index contributed by atoms with van der Waals surface area (Å²) >= 11 is 0. The van der Waals surface area contributed by atoms with Crippen molar-refractivity contribution in [2.24, 2.45) is 29.6 Å². The standard InChI is InChI=1S/C37H64O3/c1-4-6-8-16-23-33-29-36-34(28-32(33)21-7-5-2)27-26-31(22-17-12-9-11-15-20-30(3)38)35(36)24-18-13-10-14-19-25-37(39)40/h26-27,29,31-35H,4-25,28H2,1-3H3,(H,39,40). The number of carbonyl (C=O) groups excluding carboxylic acids is 1. The summed E-state index contributed by atoms with van der Waals surface area (Å²) in [5.41, 5.74) is 1.80. The molecule has 0 spiro atoms. The molecular weight excluding hydrogens is 492 g/mol. The lowest BCUT2D eigenvalue weighted by Crippen LogP contribution is -2.31. The van der Waals surface area contributed by atoms with Crippen molar-refractivity contribution in [3.8, 4) is 0 Å². The third-order valence-corrected chi connectivity index (χ3v) is 9.82. The second-order valence-electron chi connectivity index (χ2n) is 13.3. The lowest BCUT2D eigenvalue weighted by Gasteiger charge is -2.42. The molecule has 40 heavy (non-hydrogen) atoms. The zero-order valence-electron chi connectivity index (χ0n) is 26.6. The molecule has 0 bridgehead atoms. The minimum atomic E-state index is -0.660. The van der Waals surface area contributed by atoms with Gasteiger partial charge in [-0.05, 0) is 81.5 Å². The number of Topliss-reactive ketones (excluding diaryl/α,β-unsaturated/α-hetero) is 1. The van der Waals surface area contributed by atoms with Gasteiger partial charge in [-0.3, -0.25) is 4.79 Å². The number of hydrogen-bond acceptors (Lipinski definition) is 2. The fraction of sp³-hybridized carbons (Fsp3) is 0.838. The smallest absolute Gasteiger partial charge is 0.303 e. The van der Waals surface area contributed by atoms with Crippen molar-refractivity contribution < 1.29 is 14.7 Å². The van der Waals surface area contributed by atoms with Gasteiger partial charge in [0.25, 0.3) is 0 Å². The van der Waals surface area contributed by atoms with Crippen LogP contribution in [-0.4, -0.2) is 16.9 Å². The van der Waals surface area contributed by atoms with Crippen molar-refractivity contribution in [1.82, 2.24) is 0 Å². The molecule has 2 aliphatic carbocycles. The summed E-state index contributed by atoms with van der Waals surface area (Å²) in [5.74, 6) is 3.36. The van der Waals surface area contributed by atoms with Crippen LogP contribution in [0.2, 0.25) is 0 Å². The minimum absolute atomic E-state index is 0.317. The molecule has 0 aromatic rings. The molecule has 2 aliphatic rings. The van der Waals surface area contributed by atoms with Crippen LogP contribution >= 0.6 is 0 Å². The van der Waals surface area contributed by atoms with E-state index in [0.717, 1.165) is 37.5 Å². The fourth-order valence-electron chi connectivity index (χ4n) is 7.45. The van der Waals surface area contributed by atoms with Crippen LogP contribution in [0.25, 0.3) is 0 Å². The van der Waals surface area contributed by atoms with Gasteiger partial charge in [-0.1, -0.05) is 128 Å². The van der Waals surface area contributed by atoms with E-state index in [1.807, 2.05) is 0 Å². The van der Waals surface area contributed by atoms with Crippen molar-refractivity contribution in [2.75, 3.05) is 0 Å². The van der Waals surface area contributed by atoms with Gasteiger partial charge < -0.3 is 9.90 Å². The number of fused-ring (bicyclic) bond motifs is 1. The Hall–Kier alpha value is -1.38. The first kappa shape index (κ1) is 34.8. The Kier molecular flexibility index (Phi) is 18.6. The predicted octanol–water partition coefficient (Wildman–Crippen LogP) is 11.3. The molecule has 230 valence electrons. The maximum atomic E-state index is 11.2. The van der Waals surface area contributed by atoms with Gasteiger partial charge in [0.05, 0.1) is 0 Å². The Balaban J connectivity index is 2.02. The maximum absolute atomic E-state index is 11.2. The summed E-state index contributed by atoms with van der Waals surface area (Å²) in [5, 5.41) is 8.92. The Morgan fingerprint density at radius 3 is 1.90 bits per heavy atom. The molecule has 0 heterocycles. The monoisotopic (exact) mass is 556 g/mol. The molecule has 0 fully saturated rings. The zero-order valence-corrected chi connectivity index (χ0v) is 26.6. The van der Waals surface area contributed by atoms with E-state index in [1.165, 1.54) is 116 Å². The number of carbonyl (C=O) groups is 2. The highest BCUT2D eigenvalue weighted by atomic mass is 16.4. The number of rotatable bonds is 24. The molecule has 0 radical (unpaired) electrons. The molecule has 5 atom stereocenters. The van der Waals surface area contributed by atoms with Crippen LogP contribution in [0.4, 0.5) is 0 Å². The Bertz CT molecular complexity index is 751. The first-order valence-corrected chi connectivity index (χ1v) is 17.6. The van der Waals surface area contributed by atoms with Gasteiger partial charge in [-0.15, -0.1) is 0 Å². The van der Waals surface area contributed by atoms with E-state index in [1.54, 1.807) is 12.5 Å². The topological polar surface area (TPSA) is 54.4 Å². The second-order valence-corrected chi connectivity index (χ2v) is 13.3. The van der Waals surface area contributed by atoms with Crippen molar-refractivity contribution in [2.45, 2.75) is 168 Å². The van der Waals surface area contributed by atoms with E-state index in [4.69, 9.17) is 5.11 Å². The highest BCUT2D eigenvalue weighted by Gasteiger charge is 2.37. The van der Waals surface area contributed by atoms with Gasteiger partial charge in [0, 0.05) is 12.8 Å². The van der Waals surface area contributed by atoms with Crippen LogP contribution in [0.1, 0.15) is 168 Å². The number of ketones is 1. The van der Waals surface area contributed by atoms with Crippen molar-refractivity contribution in [3.63, 3.8) is 0 Å². The summed E-state index contributed by atoms with van der Waals surface area (Å²) in [6, 6.07) is 0. The SMILES string of the molecule is CCCCCCC1C=C2C(C=CC(CCCCCCCC(C)=O)C2CCCCCCCC(=O)O)CC1CCCC. The molecule has 0 aromatic carbocycles. The van der Waals surface area contributed by atoms with Crippen LogP contribution < -0.4 is 0 Å². The van der Waals surface area contributed by atoms with Crippen LogP contribution in [-0.2, 0) is 9.59 Å². The zero-order chi connectivity index (χ0) is 29.0. The van der Waals surface area contributed by atoms with Gasteiger partial charge in [-0.25, -0.2) is 0 Å². The number of allylic oxidation sites excluding steroid dienone is 4. The third kappa shape index (κ3) is 14.0. The highest BCUT2D eigenvalue weighted by Crippen LogP contribution is 2.48. The summed E-state index contributed by atoms with van der Waals surface area (Å²) in [4.78, 5) is 22.1. The molecular formula is C37H64O3. The number of carboxylic acids is 1. The Labute approximate surface area is 248 Å². The Morgan fingerprint density at radius 2 is 1.25 bits per heavy atom. The summed E-state index contributed by atoms with van der Waals surface area (Å²) in [7, 11) is 0. The molecule has 3 nitrogen and oxygen atoms in total. The number of hydrogen-bond donors (Lipinski definition) is 1. The van der Waals surface area contributed by atoms with Gasteiger partial charge >= 0.3 is 5.97 Å². The molecule has 0 amide bonds. The van der Waals surface area contributed by atoms with Gasteiger partial charge in [0.2, 0.25) is 0 Å². The molecule has 0 saturated carbocycles. The van der Waals surface area contributed by atoms with Gasteiger partial charge in [0.1, 0.15) is 5.78 Å². The van der Waals surface area contributed by atoms with Crippen molar-refractivity contribution in [3.05, 3.63) is 23.8 Å². The maximum Gasteiger partial charge on any atom is 0.303 e. The van der Waals surface area contributed by atoms with E-state index in [-0.39, 0.29) is 0 Å². The van der Waals surface area contributed by atoms with Crippen LogP contribution in [0, 0.1) is 29.6 Å². The normalized spacial score (nSPS) is 24.1. The molecule has 2 rings (SSSR count). The van der Waals surface area contributed by atoms with Gasteiger partial charge in [0.15, 0.2) is 0 Å². The molecule has 5 unspecified atom stereocenters. The first-order valence-electron chi connectivity index (χ1n) is 17.6. The van der Waals surface area contributed by atoms with Crippen LogP contribution in [0.15, 0.2) is 23.8 Å². The van der Waals surface area contributed by atoms with Crippen molar-refractivity contribution in [1.29, 1.82) is 0 Å². The molecule has 1 N–H and O–H groups in total. The van der Waals surface area contributed by atoms with E-state index in [9.17, 15) is 9.59 Å². The Morgan fingerprint density at radius 1 is 0.675 bits per heavy atom. The van der Waals surface area contributed by atoms with E-state index < -0.39 is 5.97 Å². The molecule has 0 aromatic heterocycles. The lowest BCUT2D eigenvalue weighted by molar-refractivity contribution is -0.137.